The summed E-state index contributed by atoms with van der Waals surface area (Å²) in [7, 11) is 0. The van der Waals surface area contributed by atoms with E-state index in [0.29, 0.717) is 5.56 Å². The van der Waals surface area contributed by atoms with Gasteiger partial charge in [0.05, 0.1) is 0 Å². The van der Waals surface area contributed by atoms with Crippen LogP contribution in [0, 0.1) is 18.3 Å². The Balaban J connectivity index is 2.31. The number of hydrogen-bond donors (Lipinski definition) is 1. The highest BCUT2D eigenvalue weighted by Gasteiger charge is 2.10. The lowest BCUT2D eigenvalue weighted by Crippen LogP contribution is -2.12. The third-order valence-electron chi connectivity index (χ3n) is 3.61. The van der Waals surface area contributed by atoms with Crippen molar-refractivity contribution in [1.82, 2.24) is 4.98 Å². The van der Waals surface area contributed by atoms with Gasteiger partial charge in [-0.05, 0) is 37.0 Å². The average molecular weight is 280 g/mol. The van der Waals surface area contributed by atoms with Crippen LogP contribution < -0.4 is 5.56 Å². The van der Waals surface area contributed by atoms with Crippen LogP contribution in [0.3, 0.4) is 0 Å². The van der Waals surface area contributed by atoms with Crippen molar-refractivity contribution in [3.8, 4) is 17.2 Å². The van der Waals surface area contributed by atoms with Gasteiger partial charge in [0.2, 0.25) is 0 Å². The monoisotopic (exact) mass is 280 g/mol. The van der Waals surface area contributed by atoms with Crippen LogP contribution in [0.5, 0.6) is 0 Å². The van der Waals surface area contributed by atoms with Gasteiger partial charge in [-0.2, -0.15) is 5.26 Å². The van der Waals surface area contributed by atoms with Crippen molar-refractivity contribution < 1.29 is 0 Å². The minimum Gasteiger partial charge on any atom is -0.325 e. The minimum atomic E-state index is -0.320. The molecule has 0 bridgehead atoms. The third-order valence-corrected chi connectivity index (χ3v) is 3.61. The molecule has 1 N–H and O–H groups in total. The van der Waals surface area contributed by atoms with Gasteiger partial charge in [-0.25, -0.2) is 0 Å². The number of unbranched alkanes of at least 4 members (excludes halogenated alkanes) is 2. The molecule has 21 heavy (non-hydrogen) atoms. The number of nitriles is 1. The molecule has 108 valence electrons. The molecule has 0 unspecified atom stereocenters. The quantitative estimate of drug-likeness (QED) is 0.843. The number of nitrogens with one attached hydrogen (secondary N) is 1. The van der Waals surface area contributed by atoms with Crippen LogP contribution >= 0.6 is 0 Å². The number of nitrogens with zero attached hydrogens (tertiary/aromatic N) is 1. The first-order chi connectivity index (χ1) is 10.2. The summed E-state index contributed by atoms with van der Waals surface area (Å²) >= 11 is 0. The molecule has 2 rings (SSSR count). The van der Waals surface area contributed by atoms with Crippen LogP contribution in [0.1, 0.15) is 43.0 Å². The maximum Gasteiger partial charge on any atom is 0.266 e. The van der Waals surface area contributed by atoms with Crippen LogP contribution in [0.25, 0.3) is 11.1 Å². The molecule has 0 aliphatic carbocycles. The number of H-pyrrole nitrogens is 1. The number of benzene rings is 1. The summed E-state index contributed by atoms with van der Waals surface area (Å²) in [5.41, 5.74) is 3.55. The largest absolute Gasteiger partial charge is 0.325 e. The maximum absolute atomic E-state index is 11.8. The van der Waals surface area contributed by atoms with Crippen molar-refractivity contribution in [2.45, 2.75) is 39.5 Å². The van der Waals surface area contributed by atoms with E-state index >= 15 is 0 Å². The van der Waals surface area contributed by atoms with Gasteiger partial charge < -0.3 is 4.98 Å². The Morgan fingerprint density at radius 3 is 2.52 bits per heavy atom. The summed E-state index contributed by atoms with van der Waals surface area (Å²) in [4.78, 5) is 14.5. The van der Waals surface area contributed by atoms with Crippen molar-refractivity contribution in [2.75, 3.05) is 0 Å². The number of rotatable bonds is 5. The van der Waals surface area contributed by atoms with Gasteiger partial charge in [-0.15, -0.1) is 0 Å². The fourth-order valence-electron chi connectivity index (χ4n) is 2.46. The van der Waals surface area contributed by atoms with E-state index in [4.69, 9.17) is 0 Å². The zero-order valence-corrected chi connectivity index (χ0v) is 12.6. The van der Waals surface area contributed by atoms with E-state index in [1.807, 2.05) is 31.2 Å². The first kappa shape index (κ1) is 15.1. The fourth-order valence-corrected chi connectivity index (χ4v) is 2.46. The Morgan fingerprint density at radius 1 is 1.19 bits per heavy atom. The van der Waals surface area contributed by atoms with E-state index in [9.17, 15) is 10.1 Å². The van der Waals surface area contributed by atoms with Crippen molar-refractivity contribution in [1.29, 1.82) is 5.26 Å². The molecule has 0 spiro atoms. The molecule has 0 atom stereocenters. The summed E-state index contributed by atoms with van der Waals surface area (Å²) in [5, 5.41) is 9.18. The van der Waals surface area contributed by atoms with Crippen molar-refractivity contribution in [3.05, 3.63) is 57.5 Å². The smallest absolute Gasteiger partial charge is 0.266 e. The number of aryl methyl sites for hydroxylation is 2. The van der Waals surface area contributed by atoms with Crippen molar-refractivity contribution >= 4 is 0 Å². The molecule has 2 aromatic rings. The molecule has 0 radical (unpaired) electrons. The van der Waals surface area contributed by atoms with Gasteiger partial charge in [0.25, 0.3) is 5.56 Å². The molecular formula is C18H20N2O. The highest BCUT2D eigenvalue weighted by molar-refractivity contribution is 5.70. The normalized spacial score (nSPS) is 10.3. The number of aromatic amines is 1. The first-order valence-corrected chi connectivity index (χ1v) is 7.39. The van der Waals surface area contributed by atoms with Gasteiger partial charge in [0.15, 0.2) is 0 Å². The predicted molar refractivity (Wildman–Crippen MR) is 85.2 cm³/mol. The molecule has 0 aliphatic heterocycles. The van der Waals surface area contributed by atoms with Crippen molar-refractivity contribution in [3.63, 3.8) is 0 Å². The summed E-state index contributed by atoms with van der Waals surface area (Å²) in [6.07, 6.45) is 4.74. The second kappa shape index (κ2) is 6.90. The van der Waals surface area contributed by atoms with E-state index in [1.54, 1.807) is 0 Å². The van der Waals surface area contributed by atoms with E-state index in [2.05, 4.69) is 24.0 Å². The van der Waals surface area contributed by atoms with Crippen LogP contribution in [-0.4, -0.2) is 4.98 Å². The van der Waals surface area contributed by atoms with E-state index in [1.165, 1.54) is 24.8 Å². The SMILES string of the molecule is CCCCCc1ccc(-c2cc(C)[nH]c(=O)c2C#N)cc1. The van der Waals surface area contributed by atoms with Gasteiger partial charge in [-0.1, -0.05) is 44.0 Å². The van der Waals surface area contributed by atoms with Crippen LogP contribution in [0.15, 0.2) is 35.1 Å². The van der Waals surface area contributed by atoms with Crippen LogP contribution in [0.4, 0.5) is 0 Å². The Bertz CT molecular complexity index is 705. The molecule has 1 heterocycles. The maximum atomic E-state index is 11.8. The Morgan fingerprint density at radius 2 is 1.90 bits per heavy atom. The second-order valence-electron chi connectivity index (χ2n) is 5.34. The first-order valence-electron chi connectivity index (χ1n) is 7.39. The second-order valence-corrected chi connectivity index (χ2v) is 5.34. The van der Waals surface area contributed by atoms with E-state index < -0.39 is 0 Å². The summed E-state index contributed by atoms with van der Waals surface area (Å²) in [6.45, 7) is 4.02. The Hall–Kier alpha value is -2.34. The van der Waals surface area contributed by atoms with Crippen LogP contribution in [0.2, 0.25) is 0 Å². The van der Waals surface area contributed by atoms with Gasteiger partial charge in [0, 0.05) is 11.3 Å². The number of pyridine rings is 1. The molecule has 0 saturated carbocycles. The average Bonchev–Trinajstić information content (AvgIpc) is 2.47. The lowest BCUT2D eigenvalue weighted by atomic mass is 9.98. The summed E-state index contributed by atoms with van der Waals surface area (Å²) in [5.74, 6) is 0. The molecule has 1 aromatic carbocycles. The van der Waals surface area contributed by atoms with E-state index in [-0.39, 0.29) is 11.1 Å². The predicted octanol–water partition coefficient (Wildman–Crippen LogP) is 3.95. The van der Waals surface area contributed by atoms with Gasteiger partial charge in [-0.3, -0.25) is 4.79 Å². The lowest BCUT2D eigenvalue weighted by Gasteiger charge is -2.07. The molecule has 0 fully saturated rings. The molecule has 0 amide bonds. The third kappa shape index (κ3) is 3.61. The summed E-state index contributed by atoms with van der Waals surface area (Å²) in [6, 6.07) is 12.0. The fraction of sp³-hybridized carbons (Fsp3) is 0.333. The lowest BCUT2D eigenvalue weighted by molar-refractivity contribution is 0.717. The molecule has 0 saturated heterocycles. The van der Waals surface area contributed by atoms with Gasteiger partial charge in [0.1, 0.15) is 11.6 Å². The minimum absolute atomic E-state index is 0.180. The molecule has 0 aliphatic rings. The molecule has 3 nitrogen and oxygen atoms in total. The standard InChI is InChI=1S/C18H20N2O/c1-3-4-5-6-14-7-9-15(10-8-14)16-11-13(2)20-18(21)17(16)12-19/h7-11H,3-6H2,1-2H3,(H,20,21). The zero-order chi connectivity index (χ0) is 15.2. The molecule has 1 aromatic heterocycles. The van der Waals surface area contributed by atoms with Gasteiger partial charge >= 0.3 is 0 Å². The highest BCUT2D eigenvalue weighted by Crippen LogP contribution is 2.22. The van der Waals surface area contributed by atoms with E-state index in [0.717, 1.165) is 17.7 Å². The summed E-state index contributed by atoms with van der Waals surface area (Å²) < 4.78 is 0. The molecule has 3 heteroatoms. The highest BCUT2D eigenvalue weighted by atomic mass is 16.1. The molecular weight excluding hydrogens is 260 g/mol. The number of hydrogen-bond acceptors (Lipinski definition) is 2. The topological polar surface area (TPSA) is 56.6 Å². The Labute approximate surface area is 125 Å². The zero-order valence-electron chi connectivity index (χ0n) is 12.6. The van der Waals surface area contributed by atoms with Crippen LogP contribution in [-0.2, 0) is 6.42 Å². The van der Waals surface area contributed by atoms with Crippen molar-refractivity contribution in [2.24, 2.45) is 0 Å². The number of aromatic nitrogens is 1. The Kier molecular flexibility index (Phi) is 4.94.